The molecule has 4 nitrogen and oxygen atoms in total. The molecule has 132 valence electrons. The van der Waals surface area contributed by atoms with E-state index in [0.717, 1.165) is 42.5 Å². The molecule has 3 aliphatic carbocycles. The highest BCUT2D eigenvalue weighted by atomic mass is 19.1. The van der Waals surface area contributed by atoms with Crippen molar-refractivity contribution in [2.24, 2.45) is 0 Å². The van der Waals surface area contributed by atoms with E-state index in [9.17, 15) is 9.18 Å². The Hall–Kier alpha value is -2.56. The molecule has 2 fully saturated rings. The van der Waals surface area contributed by atoms with Crippen LogP contribution in [0.25, 0.3) is 11.3 Å². The average molecular weight is 349 g/mol. The van der Waals surface area contributed by atoms with Crippen molar-refractivity contribution in [3.63, 3.8) is 0 Å². The number of carbonyl (C=O) groups is 1. The fourth-order valence-electron chi connectivity index (χ4n) is 4.64. The van der Waals surface area contributed by atoms with Gasteiger partial charge in [-0.15, -0.1) is 0 Å². The normalized spacial score (nSPS) is 26.5. The van der Waals surface area contributed by atoms with Crippen molar-refractivity contribution in [3.8, 4) is 11.3 Å². The number of nitrogens with one attached hydrogen (secondary N) is 1. The van der Waals surface area contributed by atoms with E-state index < -0.39 is 5.41 Å². The zero-order valence-corrected chi connectivity index (χ0v) is 14.5. The molecule has 5 rings (SSSR count). The molecule has 0 spiro atoms. The number of benzene rings is 1. The second kappa shape index (κ2) is 5.47. The van der Waals surface area contributed by atoms with Gasteiger partial charge in [0.05, 0.1) is 11.4 Å². The van der Waals surface area contributed by atoms with Gasteiger partial charge < -0.3 is 5.32 Å². The SMILES string of the molecule is C=C1C2CC[C@@]1(C(=O)NC1CCC1)c1nnc(-c3ccccc3F)cc12. The first-order valence-electron chi connectivity index (χ1n) is 9.24. The van der Waals surface area contributed by atoms with E-state index in [1.54, 1.807) is 18.2 Å². The van der Waals surface area contributed by atoms with Crippen LogP contribution in [0.1, 0.15) is 49.3 Å². The Balaban J connectivity index is 1.57. The van der Waals surface area contributed by atoms with Crippen molar-refractivity contribution in [3.05, 3.63) is 59.6 Å². The fourth-order valence-corrected chi connectivity index (χ4v) is 4.64. The summed E-state index contributed by atoms with van der Waals surface area (Å²) in [6.45, 7) is 4.26. The van der Waals surface area contributed by atoms with Crippen LogP contribution in [0.5, 0.6) is 0 Å². The third kappa shape index (κ3) is 1.97. The van der Waals surface area contributed by atoms with Crippen LogP contribution in [-0.2, 0) is 10.2 Å². The molecule has 0 saturated heterocycles. The average Bonchev–Trinajstić information content (AvgIpc) is 3.07. The van der Waals surface area contributed by atoms with Crippen LogP contribution in [0, 0.1) is 5.82 Å². The lowest BCUT2D eigenvalue weighted by Crippen LogP contribution is -2.49. The van der Waals surface area contributed by atoms with Crippen LogP contribution in [0.15, 0.2) is 42.5 Å². The number of fused-ring (bicyclic) bond motifs is 5. The van der Waals surface area contributed by atoms with Gasteiger partial charge in [-0.1, -0.05) is 18.7 Å². The number of carbonyl (C=O) groups excluding carboxylic acids is 1. The number of halogens is 1. The van der Waals surface area contributed by atoms with Crippen molar-refractivity contribution >= 4 is 5.91 Å². The quantitative estimate of drug-likeness (QED) is 0.861. The van der Waals surface area contributed by atoms with Crippen LogP contribution in [0.4, 0.5) is 4.39 Å². The van der Waals surface area contributed by atoms with Crippen LogP contribution in [-0.4, -0.2) is 22.1 Å². The highest BCUT2D eigenvalue weighted by Gasteiger charge is 2.59. The molecule has 1 unspecified atom stereocenters. The summed E-state index contributed by atoms with van der Waals surface area (Å²) < 4.78 is 14.1. The fraction of sp³-hybridized carbons (Fsp3) is 0.381. The van der Waals surface area contributed by atoms with Crippen molar-refractivity contribution < 1.29 is 9.18 Å². The van der Waals surface area contributed by atoms with Crippen LogP contribution >= 0.6 is 0 Å². The van der Waals surface area contributed by atoms with Gasteiger partial charge in [0.2, 0.25) is 5.91 Å². The molecule has 0 aliphatic heterocycles. The number of aromatic nitrogens is 2. The summed E-state index contributed by atoms with van der Waals surface area (Å²) in [5.41, 5.74) is 2.82. The first-order chi connectivity index (χ1) is 12.6. The third-order valence-electron chi connectivity index (χ3n) is 6.36. The summed E-state index contributed by atoms with van der Waals surface area (Å²) in [5.74, 6) is -0.194. The molecule has 5 heteroatoms. The maximum Gasteiger partial charge on any atom is 0.236 e. The summed E-state index contributed by atoms with van der Waals surface area (Å²) in [5, 5.41) is 11.9. The highest BCUT2D eigenvalue weighted by molar-refractivity contribution is 5.95. The largest absolute Gasteiger partial charge is 0.352 e. The summed E-state index contributed by atoms with van der Waals surface area (Å²) in [6, 6.07) is 8.73. The Labute approximate surface area is 151 Å². The van der Waals surface area contributed by atoms with Crippen molar-refractivity contribution in [2.45, 2.75) is 49.5 Å². The van der Waals surface area contributed by atoms with Gasteiger partial charge in [0.15, 0.2) is 0 Å². The Morgan fingerprint density at radius 1 is 1.23 bits per heavy atom. The molecule has 0 radical (unpaired) electrons. The number of rotatable bonds is 3. The van der Waals surface area contributed by atoms with E-state index in [1.165, 1.54) is 12.5 Å². The standard InChI is InChI=1S/C21H20FN3O/c1-12-14-9-10-21(12,20(26)23-13-5-4-6-13)19-16(14)11-18(24-25-19)15-7-2-3-8-17(15)22/h2-3,7-8,11,13-14H,1,4-6,9-10H2,(H,23,26)/t14?,21-/m0/s1. The Kier molecular flexibility index (Phi) is 3.30. The Morgan fingerprint density at radius 2 is 2.04 bits per heavy atom. The van der Waals surface area contributed by atoms with Gasteiger partial charge in [-0.2, -0.15) is 10.2 Å². The summed E-state index contributed by atoms with van der Waals surface area (Å²) >= 11 is 0. The number of amides is 1. The highest BCUT2D eigenvalue weighted by Crippen LogP contribution is 2.59. The topological polar surface area (TPSA) is 54.9 Å². The lowest BCUT2D eigenvalue weighted by Gasteiger charge is -2.33. The minimum absolute atomic E-state index is 0.0152. The van der Waals surface area contributed by atoms with E-state index in [4.69, 9.17) is 0 Å². The second-order valence-electron chi connectivity index (χ2n) is 7.64. The predicted molar refractivity (Wildman–Crippen MR) is 96.0 cm³/mol. The molecule has 1 heterocycles. The molecule has 1 aromatic carbocycles. The first kappa shape index (κ1) is 15.7. The smallest absolute Gasteiger partial charge is 0.236 e. The monoisotopic (exact) mass is 349 g/mol. The molecular formula is C21H20FN3O. The van der Waals surface area contributed by atoms with Crippen LogP contribution in [0.2, 0.25) is 0 Å². The Morgan fingerprint density at radius 3 is 2.77 bits per heavy atom. The van der Waals surface area contributed by atoms with E-state index in [1.807, 2.05) is 6.07 Å². The van der Waals surface area contributed by atoms with Gasteiger partial charge in [0, 0.05) is 17.5 Å². The third-order valence-corrected chi connectivity index (χ3v) is 6.36. The maximum atomic E-state index is 14.1. The van der Waals surface area contributed by atoms with E-state index in [0.29, 0.717) is 11.3 Å². The van der Waals surface area contributed by atoms with Gasteiger partial charge in [-0.05, 0) is 61.4 Å². The second-order valence-corrected chi connectivity index (χ2v) is 7.64. The molecule has 2 aromatic rings. The number of hydrogen-bond acceptors (Lipinski definition) is 3. The summed E-state index contributed by atoms with van der Waals surface area (Å²) in [6.07, 6.45) is 4.87. The van der Waals surface area contributed by atoms with Gasteiger partial charge in [-0.3, -0.25) is 4.79 Å². The van der Waals surface area contributed by atoms with Gasteiger partial charge in [-0.25, -0.2) is 4.39 Å². The molecule has 3 aliphatic rings. The minimum atomic E-state index is -0.754. The molecule has 1 N–H and O–H groups in total. The first-order valence-corrected chi connectivity index (χ1v) is 9.24. The minimum Gasteiger partial charge on any atom is -0.352 e. The summed E-state index contributed by atoms with van der Waals surface area (Å²) in [4.78, 5) is 13.1. The summed E-state index contributed by atoms with van der Waals surface area (Å²) in [7, 11) is 0. The number of nitrogens with zero attached hydrogens (tertiary/aromatic N) is 2. The van der Waals surface area contributed by atoms with Crippen molar-refractivity contribution in [1.29, 1.82) is 0 Å². The van der Waals surface area contributed by atoms with Gasteiger partial charge in [0.25, 0.3) is 0 Å². The molecule has 2 bridgehead atoms. The maximum absolute atomic E-state index is 14.1. The van der Waals surface area contributed by atoms with Crippen LogP contribution in [0.3, 0.4) is 0 Å². The lowest BCUT2D eigenvalue weighted by atomic mass is 9.79. The molecular weight excluding hydrogens is 329 g/mol. The van der Waals surface area contributed by atoms with E-state index in [2.05, 4.69) is 22.1 Å². The van der Waals surface area contributed by atoms with E-state index in [-0.39, 0.29) is 23.7 Å². The van der Waals surface area contributed by atoms with Crippen LogP contribution < -0.4 is 5.32 Å². The van der Waals surface area contributed by atoms with Crippen molar-refractivity contribution in [2.75, 3.05) is 0 Å². The molecule has 1 amide bonds. The number of hydrogen-bond donors (Lipinski definition) is 1. The molecule has 26 heavy (non-hydrogen) atoms. The Bertz CT molecular complexity index is 937. The van der Waals surface area contributed by atoms with E-state index >= 15 is 0 Å². The van der Waals surface area contributed by atoms with Gasteiger partial charge >= 0.3 is 0 Å². The molecule has 2 atom stereocenters. The zero-order valence-electron chi connectivity index (χ0n) is 14.5. The van der Waals surface area contributed by atoms with Crippen molar-refractivity contribution in [1.82, 2.24) is 15.5 Å². The predicted octanol–water partition coefficient (Wildman–Crippen LogP) is 3.64. The lowest BCUT2D eigenvalue weighted by molar-refractivity contribution is -0.126. The van der Waals surface area contributed by atoms with Gasteiger partial charge in [0.1, 0.15) is 11.2 Å². The molecule has 1 aromatic heterocycles. The molecule has 2 saturated carbocycles. The zero-order chi connectivity index (χ0) is 17.9.